The molecule has 0 aliphatic heterocycles. The second kappa shape index (κ2) is 8.33. The summed E-state index contributed by atoms with van der Waals surface area (Å²) in [6.07, 6.45) is 0.509. The average Bonchev–Trinajstić information content (AvgIpc) is 3.09. The summed E-state index contributed by atoms with van der Waals surface area (Å²) in [5, 5.41) is 11.5. The number of anilines is 1. The topological polar surface area (TPSA) is 91.6 Å². The summed E-state index contributed by atoms with van der Waals surface area (Å²) in [5.41, 5.74) is 4.39. The molecule has 0 unspecified atom stereocenters. The molecule has 2 aromatic carbocycles. The number of aryl methyl sites for hydroxylation is 2. The van der Waals surface area contributed by atoms with Crippen molar-refractivity contribution in [3.8, 4) is 11.3 Å². The maximum absolute atomic E-state index is 12.7. The average molecular weight is 364 g/mol. The van der Waals surface area contributed by atoms with Crippen LogP contribution in [0.1, 0.15) is 28.1 Å². The van der Waals surface area contributed by atoms with Crippen LogP contribution >= 0.6 is 0 Å². The van der Waals surface area contributed by atoms with Crippen molar-refractivity contribution in [1.82, 2.24) is 5.48 Å². The number of hydrogen-bond donors (Lipinski definition) is 3. The SMILES string of the molecule is Cc1oc(-c2ccccc2)cc1C(=O)Nc1ccccc1CCC(=O)NO. The molecule has 27 heavy (non-hydrogen) atoms. The van der Waals surface area contributed by atoms with Crippen LogP contribution in [0.4, 0.5) is 5.69 Å². The lowest BCUT2D eigenvalue weighted by Crippen LogP contribution is -2.19. The molecule has 3 aromatic rings. The van der Waals surface area contributed by atoms with Crippen LogP contribution in [0.25, 0.3) is 11.3 Å². The highest BCUT2D eigenvalue weighted by molar-refractivity contribution is 6.06. The Morgan fingerprint density at radius 2 is 1.74 bits per heavy atom. The minimum atomic E-state index is -0.477. The maximum atomic E-state index is 12.7. The fourth-order valence-electron chi connectivity index (χ4n) is 2.81. The van der Waals surface area contributed by atoms with Crippen LogP contribution in [0.15, 0.2) is 65.1 Å². The monoisotopic (exact) mass is 364 g/mol. The molecule has 1 aromatic heterocycles. The van der Waals surface area contributed by atoms with Crippen molar-refractivity contribution >= 4 is 17.5 Å². The molecule has 0 aliphatic rings. The van der Waals surface area contributed by atoms with Gasteiger partial charge in [0, 0.05) is 17.7 Å². The molecule has 0 fully saturated rings. The lowest BCUT2D eigenvalue weighted by Gasteiger charge is -2.10. The van der Waals surface area contributed by atoms with Crippen molar-refractivity contribution in [3.05, 3.63) is 77.6 Å². The summed E-state index contributed by atoms with van der Waals surface area (Å²) in [5.74, 6) is 0.404. The fraction of sp³-hybridized carbons (Fsp3) is 0.143. The zero-order valence-electron chi connectivity index (χ0n) is 14.9. The molecule has 0 bridgehead atoms. The molecule has 6 heteroatoms. The minimum absolute atomic E-state index is 0.117. The Kier molecular flexibility index (Phi) is 5.68. The standard InChI is InChI=1S/C21H20N2O4/c1-14-17(13-19(27-14)16-8-3-2-4-9-16)21(25)22-18-10-6-5-7-15(18)11-12-20(24)23-26/h2-10,13,26H,11-12H2,1H3,(H,22,25)(H,23,24). The second-order valence-corrected chi connectivity index (χ2v) is 6.09. The van der Waals surface area contributed by atoms with Gasteiger partial charge >= 0.3 is 0 Å². The first-order chi connectivity index (χ1) is 13.1. The van der Waals surface area contributed by atoms with Crippen LogP contribution in [0, 0.1) is 6.92 Å². The van der Waals surface area contributed by atoms with E-state index in [1.54, 1.807) is 24.5 Å². The normalized spacial score (nSPS) is 10.4. The fourth-order valence-corrected chi connectivity index (χ4v) is 2.81. The third-order valence-corrected chi connectivity index (χ3v) is 4.23. The van der Waals surface area contributed by atoms with Gasteiger partial charge in [0.2, 0.25) is 5.91 Å². The molecule has 0 radical (unpaired) electrons. The van der Waals surface area contributed by atoms with E-state index in [2.05, 4.69) is 5.32 Å². The van der Waals surface area contributed by atoms with Crippen molar-refractivity contribution in [2.24, 2.45) is 0 Å². The Morgan fingerprint density at radius 3 is 2.48 bits per heavy atom. The van der Waals surface area contributed by atoms with Crippen LogP contribution in [0.5, 0.6) is 0 Å². The Hall–Kier alpha value is -3.38. The molecule has 0 spiro atoms. The van der Waals surface area contributed by atoms with Gasteiger partial charge in [0.15, 0.2) is 0 Å². The number of nitrogens with one attached hydrogen (secondary N) is 2. The van der Waals surface area contributed by atoms with Gasteiger partial charge in [-0.05, 0) is 31.0 Å². The summed E-state index contributed by atoms with van der Waals surface area (Å²) >= 11 is 0. The number of furan rings is 1. The number of amides is 2. The van der Waals surface area contributed by atoms with Gasteiger partial charge in [0.25, 0.3) is 5.91 Å². The zero-order chi connectivity index (χ0) is 19.2. The van der Waals surface area contributed by atoms with Gasteiger partial charge in [-0.1, -0.05) is 48.5 Å². The van der Waals surface area contributed by atoms with Gasteiger partial charge in [0.1, 0.15) is 11.5 Å². The van der Waals surface area contributed by atoms with Gasteiger partial charge in [-0.2, -0.15) is 0 Å². The summed E-state index contributed by atoms with van der Waals surface area (Å²) in [7, 11) is 0. The molecule has 3 rings (SSSR count). The number of benzene rings is 2. The maximum Gasteiger partial charge on any atom is 0.259 e. The number of para-hydroxylation sites is 1. The van der Waals surface area contributed by atoms with Crippen LogP contribution in [-0.4, -0.2) is 17.0 Å². The molecule has 0 atom stereocenters. The van der Waals surface area contributed by atoms with E-state index in [4.69, 9.17) is 9.62 Å². The molecular formula is C21H20N2O4. The molecule has 2 amide bonds. The highest BCUT2D eigenvalue weighted by atomic mass is 16.5. The smallest absolute Gasteiger partial charge is 0.259 e. The first-order valence-electron chi connectivity index (χ1n) is 8.56. The van der Waals surface area contributed by atoms with Gasteiger partial charge in [-0.3, -0.25) is 14.8 Å². The van der Waals surface area contributed by atoms with Crippen LogP contribution in [0.2, 0.25) is 0 Å². The highest BCUT2D eigenvalue weighted by Gasteiger charge is 2.17. The van der Waals surface area contributed by atoms with Crippen LogP contribution in [0.3, 0.4) is 0 Å². The summed E-state index contributed by atoms with van der Waals surface area (Å²) in [6.45, 7) is 1.75. The molecule has 0 aliphatic carbocycles. The molecular weight excluding hydrogens is 344 g/mol. The molecule has 138 valence electrons. The van der Waals surface area contributed by atoms with Crippen molar-refractivity contribution in [1.29, 1.82) is 0 Å². The number of rotatable bonds is 6. The van der Waals surface area contributed by atoms with E-state index in [0.29, 0.717) is 29.2 Å². The molecule has 3 N–H and O–H groups in total. The number of carbonyl (C=O) groups is 2. The van der Waals surface area contributed by atoms with Gasteiger partial charge in [-0.15, -0.1) is 0 Å². The zero-order valence-corrected chi connectivity index (χ0v) is 14.9. The van der Waals surface area contributed by atoms with Crippen LogP contribution in [-0.2, 0) is 11.2 Å². The van der Waals surface area contributed by atoms with E-state index in [-0.39, 0.29) is 12.3 Å². The molecule has 6 nitrogen and oxygen atoms in total. The summed E-state index contributed by atoms with van der Waals surface area (Å²) in [6, 6.07) is 18.5. The lowest BCUT2D eigenvalue weighted by molar-refractivity contribution is -0.129. The van der Waals surface area contributed by atoms with Crippen molar-refractivity contribution < 1.29 is 19.2 Å². The Morgan fingerprint density at radius 1 is 1.04 bits per heavy atom. The third kappa shape index (κ3) is 4.43. The van der Waals surface area contributed by atoms with E-state index in [1.807, 2.05) is 48.5 Å². The quantitative estimate of drug-likeness (QED) is 0.456. The third-order valence-electron chi connectivity index (χ3n) is 4.23. The van der Waals surface area contributed by atoms with E-state index >= 15 is 0 Å². The number of hydrogen-bond acceptors (Lipinski definition) is 4. The predicted octanol–water partition coefficient (Wildman–Crippen LogP) is 3.95. The van der Waals surface area contributed by atoms with Crippen molar-refractivity contribution in [3.63, 3.8) is 0 Å². The van der Waals surface area contributed by atoms with E-state index in [0.717, 1.165) is 11.1 Å². The Balaban J connectivity index is 1.78. The predicted molar refractivity (Wildman–Crippen MR) is 102 cm³/mol. The first kappa shape index (κ1) is 18.4. The van der Waals surface area contributed by atoms with Gasteiger partial charge < -0.3 is 9.73 Å². The largest absolute Gasteiger partial charge is 0.461 e. The van der Waals surface area contributed by atoms with Gasteiger partial charge in [-0.25, -0.2) is 5.48 Å². The molecule has 1 heterocycles. The van der Waals surface area contributed by atoms with E-state index in [1.165, 1.54) is 0 Å². The molecule has 0 saturated carbocycles. The van der Waals surface area contributed by atoms with Crippen molar-refractivity contribution in [2.45, 2.75) is 19.8 Å². The minimum Gasteiger partial charge on any atom is -0.461 e. The number of carbonyl (C=O) groups excluding carboxylic acids is 2. The number of hydroxylamine groups is 1. The second-order valence-electron chi connectivity index (χ2n) is 6.09. The molecule has 0 saturated heterocycles. The summed E-state index contributed by atoms with van der Waals surface area (Å²) in [4.78, 5) is 24.0. The van der Waals surface area contributed by atoms with Crippen LogP contribution < -0.4 is 10.8 Å². The lowest BCUT2D eigenvalue weighted by atomic mass is 10.1. The Bertz CT molecular complexity index is 948. The van der Waals surface area contributed by atoms with E-state index in [9.17, 15) is 9.59 Å². The van der Waals surface area contributed by atoms with Crippen molar-refractivity contribution in [2.75, 3.05) is 5.32 Å². The highest BCUT2D eigenvalue weighted by Crippen LogP contribution is 2.26. The summed E-state index contributed by atoms with van der Waals surface area (Å²) < 4.78 is 5.74. The Labute approximate surface area is 156 Å². The van der Waals surface area contributed by atoms with Gasteiger partial charge in [0.05, 0.1) is 5.56 Å². The van der Waals surface area contributed by atoms with E-state index < -0.39 is 5.91 Å². The first-order valence-corrected chi connectivity index (χ1v) is 8.56.